The van der Waals surface area contributed by atoms with Crippen LogP contribution in [0, 0.1) is 6.92 Å². The van der Waals surface area contributed by atoms with Crippen molar-refractivity contribution in [3.05, 3.63) is 47.9 Å². The highest BCUT2D eigenvalue weighted by Crippen LogP contribution is 2.18. The Morgan fingerprint density at radius 2 is 2.31 bits per heavy atom. The third-order valence-corrected chi connectivity index (χ3v) is 4.25. The smallest absolute Gasteiger partial charge is 0.251 e. The molecule has 0 spiro atoms. The lowest BCUT2D eigenvalue weighted by atomic mass is 10.1. The van der Waals surface area contributed by atoms with Crippen molar-refractivity contribution in [1.82, 2.24) is 30.3 Å². The first kappa shape index (κ1) is 16.4. The highest BCUT2D eigenvalue weighted by atomic mass is 16.5. The third kappa shape index (κ3) is 3.47. The Bertz CT molecular complexity index is 910. The number of nitrogens with zero attached hydrogens (tertiary/aromatic N) is 5. The normalized spacial score (nSPS) is 20.0. The van der Waals surface area contributed by atoms with Crippen molar-refractivity contribution in [2.24, 2.45) is 0 Å². The first-order valence-electron chi connectivity index (χ1n) is 8.35. The molecule has 0 aliphatic carbocycles. The van der Waals surface area contributed by atoms with Crippen molar-refractivity contribution >= 4 is 11.6 Å². The van der Waals surface area contributed by atoms with Gasteiger partial charge in [0.25, 0.3) is 5.91 Å². The molecule has 0 saturated carbocycles. The van der Waals surface area contributed by atoms with Crippen LogP contribution in [0.15, 0.2) is 36.7 Å². The average molecular weight is 354 g/mol. The number of aromatic nitrogens is 5. The predicted molar refractivity (Wildman–Crippen MR) is 90.9 cm³/mol. The highest BCUT2D eigenvalue weighted by molar-refractivity contribution is 5.95. The second-order valence-electron chi connectivity index (χ2n) is 6.13. The summed E-state index contributed by atoms with van der Waals surface area (Å²) in [6, 6.07) is 6.91. The van der Waals surface area contributed by atoms with Crippen LogP contribution in [0.25, 0.3) is 5.65 Å². The van der Waals surface area contributed by atoms with Crippen LogP contribution in [0.4, 0.5) is 0 Å². The van der Waals surface area contributed by atoms with Crippen LogP contribution in [0.1, 0.15) is 22.5 Å². The summed E-state index contributed by atoms with van der Waals surface area (Å²) in [5, 5.41) is 14.2. The molecule has 3 aromatic rings. The molecule has 9 nitrogen and oxygen atoms in total. The zero-order valence-electron chi connectivity index (χ0n) is 14.2. The molecular formula is C17H18N6O3. The monoisotopic (exact) mass is 354 g/mol. The molecule has 1 saturated heterocycles. The summed E-state index contributed by atoms with van der Waals surface area (Å²) in [6.45, 7) is 2.90. The minimum absolute atomic E-state index is 0.162. The number of pyridine rings is 2. The summed E-state index contributed by atoms with van der Waals surface area (Å²) in [7, 11) is 0. The number of rotatable bonds is 4. The quantitative estimate of drug-likeness (QED) is 0.739. The van der Waals surface area contributed by atoms with E-state index in [0.29, 0.717) is 36.6 Å². The molecule has 4 heterocycles. The van der Waals surface area contributed by atoms with E-state index in [1.807, 2.05) is 19.1 Å². The molecule has 3 aromatic heterocycles. The van der Waals surface area contributed by atoms with E-state index in [1.54, 1.807) is 24.5 Å². The molecule has 9 heteroatoms. The molecule has 1 aliphatic heterocycles. The average Bonchev–Trinajstić information content (AvgIpc) is 3.13. The van der Waals surface area contributed by atoms with E-state index in [2.05, 4.69) is 25.8 Å². The molecule has 4 rings (SSSR count). The summed E-state index contributed by atoms with van der Waals surface area (Å²) in [6.07, 6.45) is 3.72. The molecule has 0 bridgehead atoms. The Balaban J connectivity index is 1.47. The summed E-state index contributed by atoms with van der Waals surface area (Å²) in [4.78, 5) is 16.9. The van der Waals surface area contributed by atoms with E-state index in [1.165, 1.54) is 4.52 Å². The standard InChI is InChI=1S/C17H18N6O3/c1-11-2-3-13(9-18-11)26-15-10-25-7-5-14(15)19-17(24)12-4-6-23-16(8-12)20-21-22-23/h2-4,6,8-9,14-15H,5,7,10H2,1H3,(H,19,24)/t14-,15+/m1/s1. The van der Waals surface area contributed by atoms with Gasteiger partial charge in [0, 0.05) is 24.1 Å². The van der Waals surface area contributed by atoms with E-state index in [0.717, 1.165) is 5.69 Å². The van der Waals surface area contributed by atoms with Crippen molar-refractivity contribution in [1.29, 1.82) is 0 Å². The maximum atomic E-state index is 12.6. The van der Waals surface area contributed by atoms with Gasteiger partial charge in [-0.15, -0.1) is 5.10 Å². The van der Waals surface area contributed by atoms with Gasteiger partial charge in [0.2, 0.25) is 0 Å². The Hall–Kier alpha value is -3.07. The van der Waals surface area contributed by atoms with Gasteiger partial charge in [-0.1, -0.05) is 0 Å². The Morgan fingerprint density at radius 1 is 1.38 bits per heavy atom. The van der Waals surface area contributed by atoms with E-state index >= 15 is 0 Å². The Morgan fingerprint density at radius 3 is 3.15 bits per heavy atom. The number of hydrogen-bond donors (Lipinski definition) is 1. The van der Waals surface area contributed by atoms with Gasteiger partial charge in [-0.25, -0.2) is 4.52 Å². The predicted octanol–water partition coefficient (Wildman–Crippen LogP) is 0.794. The van der Waals surface area contributed by atoms with Gasteiger partial charge in [0.1, 0.15) is 11.9 Å². The molecule has 1 aliphatic rings. The van der Waals surface area contributed by atoms with E-state index < -0.39 is 0 Å². The van der Waals surface area contributed by atoms with Crippen molar-refractivity contribution in [3.63, 3.8) is 0 Å². The number of amides is 1. The number of carbonyl (C=O) groups is 1. The van der Waals surface area contributed by atoms with Gasteiger partial charge in [0.05, 0.1) is 18.8 Å². The fraction of sp³-hybridized carbons (Fsp3) is 0.353. The van der Waals surface area contributed by atoms with Crippen LogP contribution in [0.5, 0.6) is 5.75 Å². The van der Waals surface area contributed by atoms with Crippen LogP contribution < -0.4 is 10.1 Å². The molecule has 1 fully saturated rings. The number of carbonyl (C=O) groups excluding carboxylic acids is 1. The molecule has 1 N–H and O–H groups in total. The second kappa shape index (κ2) is 7.04. The molecule has 1 amide bonds. The maximum Gasteiger partial charge on any atom is 0.251 e. The van der Waals surface area contributed by atoms with E-state index in [4.69, 9.17) is 9.47 Å². The molecule has 0 aromatic carbocycles. The number of nitrogens with one attached hydrogen (secondary N) is 1. The Kier molecular flexibility index (Phi) is 4.44. The summed E-state index contributed by atoms with van der Waals surface area (Å²) >= 11 is 0. The number of aryl methyl sites for hydroxylation is 1. The van der Waals surface area contributed by atoms with Gasteiger partial charge < -0.3 is 14.8 Å². The molecule has 0 unspecified atom stereocenters. The topological polar surface area (TPSA) is 104 Å². The van der Waals surface area contributed by atoms with E-state index in [9.17, 15) is 4.79 Å². The van der Waals surface area contributed by atoms with Gasteiger partial charge in [-0.05, 0) is 48.0 Å². The van der Waals surface area contributed by atoms with Crippen LogP contribution in [-0.4, -0.2) is 56.3 Å². The van der Waals surface area contributed by atoms with Crippen molar-refractivity contribution in [3.8, 4) is 5.75 Å². The highest BCUT2D eigenvalue weighted by Gasteiger charge is 2.29. The lowest BCUT2D eigenvalue weighted by molar-refractivity contribution is -0.0136. The first-order valence-corrected chi connectivity index (χ1v) is 8.35. The van der Waals surface area contributed by atoms with Gasteiger partial charge in [-0.3, -0.25) is 9.78 Å². The Labute approximate surface area is 149 Å². The van der Waals surface area contributed by atoms with Gasteiger partial charge in [0.15, 0.2) is 5.65 Å². The number of tetrazole rings is 1. The molecule has 26 heavy (non-hydrogen) atoms. The van der Waals surface area contributed by atoms with Crippen LogP contribution in [-0.2, 0) is 4.74 Å². The fourth-order valence-electron chi connectivity index (χ4n) is 2.82. The fourth-order valence-corrected chi connectivity index (χ4v) is 2.82. The number of ether oxygens (including phenoxy) is 2. The number of fused-ring (bicyclic) bond motifs is 1. The second-order valence-corrected chi connectivity index (χ2v) is 6.13. The molecule has 0 radical (unpaired) electrons. The van der Waals surface area contributed by atoms with Crippen molar-refractivity contribution in [2.75, 3.05) is 13.2 Å². The lowest BCUT2D eigenvalue weighted by Gasteiger charge is -2.32. The third-order valence-electron chi connectivity index (χ3n) is 4.25. The SMILES string of the molecule is Cc1ccc(O[C@H]2COCC[C@H]2NC(=O)c2ccn3nnnc3c2)cn1. The van der Waals surface area contributed by atoms with Crippen LogP contribution >= 0.6 is 0 Å². The zero-order valence-corrected chi connectivity index (χ0v) is 14.2. The largest absolute Gasteiger partial charge is 0.484 e. The van der Waals surface area contributed by atoms with Crippen LogP contribution in [0.2, 0.25) is 0 Å². The molecular weight excluding hydrogens is 336 g/mol. The summed E-state index contributed by atoms with van der Waals surface area (Å²) < 4.78 is 13.0. The first-order chi connectivity index (χ1) is 12.7. The van der Waals surface area contributed by atoms with Gasteiger partial charge in [-0.2, -0.15) is 0 Å². The van der Waals surface area contributed by atoms with Crippen molar-refractivity contribution in [2.45, 2.75) is 25.5 Å². The zero-order chi connectivity index (χ0) is 17.9. The molecule has 2 atom stereocenters. The summed E-state index contributed by atoms with van der Waals surface area (Å²) in [5.74, 6) is 0.458. The van der Waals surface area contributed by atoms with Crippen LogP contribution in [0.3, 0.4) is 0 Å². The van der Waals surface area contributed by atoms with E-state index in [-0.39, 0.29) is 18.1 Å². The minimum Gasteiger partial charge on any atom is -0.484 e. The maximum absolute atomic E-state index is 12.6. The molecule has 134 valence electrons. The van der Waals surface area contributed by atoms with Gasteiger partial charge >= 0.3 is 0 Å². The lowest BCUT2D eigenvalue weighted by Crippen LogP contribution is -2.51. The number of hydrogen-bond acceptors (Lipinski definition) is 7. The summed E-state index contributed by atoms with van der Waals surface area (Å²) in [5.41, 5.74) is 1.93. The minimum atomic E-state index is -0.282. The van der Waals surface area contributed by atoms with Crippen molar-refractivity contribution < 1.29 is 14.3 Å².